The molecule has 1 aliphatic heterocycles. The fourth-order valence-electron chi connectivity index (χ4n) is 4.08. The van der Waals surface area contributed by atoms with Crippen LogP contribution in [0.1, 0.15) is 66.2 Å². The third kappa shape index (κ3) is 4.21. The van der Waals surface area contributed by atoms with Crippen LogP contribution in [0.3, 0.4) is 0 Å². The summed E-state index contributed by atoms with van der Waals surface area (Å²) < 4.78 is 0. The molecule has 0 aromatic heterocycles. The maximum atomic E-state index is 3.82. The van der Waals surface area contributed by atoms with E-state index in [1.165, 1.54) is 58.2 Å². The lowest BCUT2D eigenvalue weighted by molar-refractivity contribution is 0.0766. The summed E-state index contributed by atoms with van der Waals surface area (Å²) in [5, 5.41) is 3.82. The molecule has 1 aliphatic carbocycles. The number of hydrogen-bond donors (Lipinski definition) is 1. The minimum atomic E-state index is 0.707. The minimum Gasteiger partial charge on any atom is -0.311 e. The minimum absolute atomic E-state index is 0.707. The molecule has 2 heteroatoms. The quantitative estimate of drug-likeness (QED) is 0.793. The zero-order chi connectivity index (χ0) is 14.5. The third-order valence-corrected chi connectivity index (χ3v) is 5.89. The van der Waals surface area contributed by atoms with Crippen molar-refractivity contribution in [2.75, 3.05) is 19.6 Å². The summed E-state index contributed by atoms with van der Waals surface area (Å²) in [6, 6.07) is 1.45. The summed E-state index contributed by atoms with van der Waals surface area (Å²) in [7, 11) is 0. The SMILES string of the molecule is CCC(C)C1CN(CCC2CCCC2)C(C(C)C)CN1. The summed E-state index contributed by atoms with van der Waals surface area (Å²) in [4.78, 5) is 2.82. The van der Waals surface area contributed by atoms with Gasteiger partial charge in [-0.3, -0.25) is 4.90 Å². The first kappa shape index (κ1) is 16.3. The van der Waals surface area contributed by atoms with Crippen molar-refractivity contribution in [3.05, 3.63) is 0 Å². The number of hydrogen-bond acceptors (Lipinski definition) is 2. The highest BCUT2D eigenvalue weighted by molar-refractivity contribution is 4.90. The second-order valence-electron chi connectivity index (χ2n) is 7.65. The summed E-state index contributed by atoms with van der Waals surface area (Å²) in [6.45, 7) is 13.3. The van der Waals surface area contributed by atoms with E-state index < -0.39 is 0 Å². The van der Waals surface area contributed by atoms with E-state index in [9.17, 15) is 0 Å². The van der Waals surface area contributed by atoms with Gasteiger partial charge in [0.25, 0.3) is 0 Å². The molecule has 2 fully saturated rings. The number of nitrogens with one attached hydrogen (secondary N) is 1. The van der Waals surface area contributed by atoms with Crippen LogP contribution in [0.2, 0.25) is 0 Å². The van der Waals surface area contributed by atoms with Crippen molar-refractivity contribution < 1.29 is 0 Å². The molecule has 0 radical (unpaired) electrons. The van der Waals surface area contributed by atoms with Crippen LogP contribution in [0.15, 0.2) is 0 Å². The summed E-state index contributed by atoms with van der Waals surface area (Å²) in [5.41, 5.74) is 0. The first-order chi connectivity index (χ1) is 9.61. The van der Waals surface area contributed by atoms with E-state index in [1.54, 1.807) is 0 Å². The van der Waals surface area contributed by atoms with Crippen LogP contribution in [-0.4, -0.2) is 36.6 Å². The van der Waals surface area contributed by atoms with E-state index >= 15 is 0 Å². The number of rotatable bonds is 6. The van der Waals surface area contributed by atoms with Crippen molar-refractivity contribution in [2.24, 2.45) is 17.8 Å². The van der Waals surface area contributed by atoms with Gasteiger partial charge in [0.1, 0.15) is 0 Å². The maximum Gasteiger partial charge on any atom is 0.0244 e. The standard InChI is InChI=1S/C18H36N2/c1-5-15(4)17-13-20(18(12-19-17)14(2)3)11-10-16-8-6-7-9-16/h14-19H,5-13H2,1-4H3. The van der Waals surface area contributed by atoms with Gasteiger partial charge >= 0.3 is 0 Å². The average molecular weight is 280 g/mol. The van der Waals surface area contributed by atoms with Crippen molar-refractivity contribution in [2.45, 2.75) is 78.3 Å². The van der Waals surface area contributed by atoms with Crippen molar-refractivity contribution in [1.82, 2.24) is 10.2 Å². The van der Waals surface area contributed by atoms with Crippen molar-refractivity contribution in [1.29, 1.82) is 0 Å². The molecule has 3 unspecified atom stereocenters. The van der Waals surface area contributed by atoms with Crippen LogP contribution in [-0.2, 0) is 0 Å². The lowest BCUT2D eigenvalue weighted by Gasteiger charge is -2.44. The van der Waals surface area contributed by atoms with Gasteiger partial charge in [-0.1, -0.05) is 59.8 Å². The monoisotopic (exact) mass is 280 g/mol. The molecule has 0 bridgehead atoms. The van der Waals surface area contributed by atoms with Gasteiger partial charge in [0.05, 0.1) is 0 Å². The highest BCUT2D eigenvalue weighted by atomic mass is 15.2. The summed E-state index contributed by atoms with van der Waals surface area (Å²) in [5.74, 6) is 2.60. The van der Waals surface area contributed by atoms with Crippen LogP contribution < -0.4 is 5.32 Å². The Morgan fingerprint density at radius 1 is 1.15 bits per heavy atom. The second-order valence-corrected chi connectivity index (χ2v) is 7.65. The molecule has 3 atom stereocenters. The molecule has 0 amide bonds. The third-order valence-electron chi connectivity index (χ3n) is 5.89. The molecule has 1 N–H and O–H groups in total. The Balaban J connectivity index is 1.88. The van der Waals surface area contributed by atoms with Gasteiger partial charge in [-0.05, 0) is 30.7 Å². The normalized spacial score (nSPS) is 31.1. The van der Waals surface area contributed by atoms with Crippen molar-refractivity contribution >= 4 is 0 Å². The fraction of sp³-hybridized carbons (Fsp3) is 1.00. The highest BCUT2D eigenvalue weighted by Crippen LogP contribution is 2.29. The van der Waals surface area contributed by atoms with E-state index in [0.29, 0.717) is 6.04 Å². The second kappa shape index (κ2) is 7.79. The molecule has 0 aromatic carbocycles. The van der Waals surface area contributed by atoms with Gasteiger partial charge < -0.3 is 5.32 Å². The maximum absolute atomic E-state index is 3.82. The van der Waals surface area contributed by atoms with Crippen LogP contribution in [0.5, 0.6) is 0 Å². The molecular weight excluding hydrogens is 244 g/mol. The highest BCUT2D eigenvalue weighted by Gasteiger charge is 2.31. The number of nitrogens with zero attached hydrogens (tertiary/aromatic N) is 1. The molecule has 2 rings (SSSR count). The van der Waals surface area contributed by atoms with Crippen LogP contribution in [0.4, 0.5) is 0 Å². The molecule has 2 aliphatic rings. The Kier molecular flexibility index (Phi) is 6.35. The first-order valence-corrected chi connectivity index (χ1v) is 9.09. The lowest BCUT2D eigenvalue weighted by Crippen LogP contribution is -2.60. The molecule has 0 aromatic rings. The molecule has 1 saturated heterocycles. The van der Waals surface area contributed by atoms with E-state index in [-0.39, 0.29) is 0 Å². The Bertz CT molecular complexity index is 271. The summed E-state index contributed by atoms with van der Waals surface area (Å²) >= 11 is 0. The smallest absolute Gasteiger partial charge is 0.0244 e. The predicted molar refractivity (Wildman–Crippen MR) is 88.0 cm³/mol. The van der Waals surface area contributed by atoms with Crippen molar-refractivity contribution in [3.63, 3.8) is 0 Å². The van der Waals surface area contributed by atoms with Crippen LogP contribution in [0, 0.1) is 17.8 Å². The first-order valence-electron chi connectivity index (χ1n) is 9.09. The van der Waals surface area contributed by atoms with Gasteiger partial charge in [-0.15, -0.1) is 0 Å². The Morgan fingerprint density at radius 3 is 2.45 bits per heavy atom. The summed E-state index contributed by atoms with van der Waals surface area (Å²) in [6.07, 6.45) is 8.68. The zero-order valence-corrected chi connectivity index (χ0v) is 14.2. The zero-order valence-electron chi connectivity index (χ0n) is 14.2. The topological polar surface area (TPSA) is 15.3 Å². The molecule has 1 heterocycles. The van der Waals surface area contributed by atoms with Gasteiger partial charge in [-0.2, -0.15) is 0 Å². The van der Waals surface area contributed by atoms with E-state index in [0.717, 1.165) is 23.8 Å². The van der Waals surface area contributed by atoms with Gasteiger partial charge in [0, 0.05) is 25.2 Å². The van der Waals surface area contributed by atoms with Gasteiger partial charge in [0.15, 0.2) is 0 Å². The molecular formula is C18H36N2. The van der Waals surface area contributed by atoms with Gasteiger partial charge in [-0.25, -0.2) is 0 Å². The van der Waals surface area contributed by atoms with E-state index in [1.807, 2.05) is 0 Å². The van der Waals surface area contributed by atoms with Crippen molar-refractivity contribution in [3.8, 4) is 0 Å². The fourth-order valence-corrected chi connectivity index (χ4v) is 4.08. The Labute approximate surface area is 126 Å². The molecule has 0 spiro atoms. The lowest BCUT2D eigenvalue weighted by atomic mass is 9.91. The predicted octanol–water partition coefficient (Wildman–Crippen LogP) is 3.91. The number of piperazine rings is 1. The molecule has 1 saturated carbocycles. The largest absolute Gasteiger partial charge is 0.311 e. The molecule has 20 heavy (non-hydrogen) atoms. The average Bonchev–Trinajstić information content (AvgIpc) is 2.97. The Hall–Kier alpha value is -0.0800. The molecule has 2 nitrogen and oxygen atoms in total. The van der Waals surface area contributed by atoms with Crippen LogP contribution in [0.25, 0.3) is 0 Å². The van der Waals surface area contributed by atoms with Gasteiger partial charge in [0.2, 0.25) is 0 Å². The van der Waals surface area contributed by atoms with Crippen LogP contribution >= 0.6 is 0 Å². The van der Waals surface area contributed by atoms with E-state index in [4.69, 9.17) is 0 Å². The Morgan fingerprint density at radius 2 is 1.85 bits per heavy atom. The van der Waals surface area contributed by atoms with E-state index in [2.05, 4.69) is 37.9 Å². The molecule has 118 valence electrons.